The molecule has 1 aromatic heterocycles. The zero-order chi connectivity index (χ0) is 21.6. The van der Waals surface area contributed by atoms with Crippen molar-refractivity contribution in [2.75, 3.05) is 5.32 Å². The van der Waals surface area contributed by atoms with E-state index in [0.29, 0.717) is 10.6 Å². The second-order valence-electron chi connectivity index (χ2n) is 8.14. The first-order valence-electron chi connectivity index (χ1n) is 10.00. The molecular formula is C23H24N2O4S. The first kappa shape index (κ1) is 20.3. The van der Waals surface area contributed by atoms with Crippen LogP contribution in [0, 0.1) is 37.5 Å². The molecule has 1 heterocycles. The summed E-state index contributed by atoms with van der Waals surface area (Å²) < 4.78 is 0. The number of fused-ring (bicyclic) bond motifs is 2. The molecule has 5 rings (SSSR count). The van der Waals surface area contributed by atoms with Crippen LogP contribution in [0.5, 0.6) is 0 Å². The summed E-state index contributed by atoms with van der Waals surface area (Å²) in [6.07, 6.45) is 5.47. The number of carboxylic acid groups (broad SMARTS) is 1. The molecule has 0 spiro atoms. The van der Waals surface area contributed by atoms with E-state index in [1.165, 1.54) is 11.3 Å². The summed E-state index contributed by atoms with van der Waals surface area (Å²) in [4.78, 5) is 38.3. The van der Waals surface area contributed by atoms with Gasteiger partial charge in [-0.25, -0.2) is 0 Å². The van der Waals surface area contributed by atoms with Crippen molar-refractivity contribution in [1.82, 2.24) is 0 Å². The fourth-order valence-electron chi connectivity index (χ4n) is 4.82. The number of primary amides is 1. The first-order valence-corrected chi connectivity index (χ1v) is 10.8. The van der Waals surface area contributed by atoms with Crippen LogP contribution in [0.15, 0.2) is 36.4 Å². The molecule has 156 valence electrons. The highest BCUT2D eigenvalue weighted by molar-refractivity contribution is 7.17. The van der Waals surface area contributed by atoms with Crippen LogP contribution in [-0.4, -0.2) is 22.9 Å². The molecule has 2 amide bonds. The maximum Gasteiger partial charge on any atom is 0.307 e. The standard InChI is InChI=1S/C23H24N2O4S/c1-11-3-5-13(6-4-11)16-12(2)30-22(19(16)20(24)26)25-21(27)17-14-7-9-15(10-8-14)18(17)23(28)29/h3-7,9,14-15,17-18H,8,10H2,1-2H3,(H2,24,26)(H,25,27)(H,28,29)/t14-,15-,17+,18+/m0/s1. The molecule has 4 N–H and O–H groups in total. The molecule has 1 saturated carbocycles. The van der Waals surface area contributed by atoms with Crippen LogP contribution < -0.4 is 11.1 Å². The van der Waals surface area contributed by atoms with Crippen molar-refractivity contribution < 1.29 is 19.5 Å². The SMILES string of the molecule is Cc1ccc(-c2c(C)sc(NC(=O)[C@H]3[C@H](C(=O)O)[C@H]4C=C[C@H]3CC4)c2C(N)=O)cc1. The summed E-state index contributed by atoms with van der Waals surface area (Å²) >= 11 is 1.29. The Morgan fingerprint density at radius 2 is 1.63 bits per heavy atom. The number of nitrogens with one attached hydrogen (secondary N) is 1. The number of carbonyl (C=O) groups excluding carboxylic acids is 2. The lowest BCUT2D eigenvalue weighted by molar-refractivity contribution is -0.151. The predicted octanol–water partition coefficient (Wildman–Crippen LogP) is 3.98. The lowest BCUT2D eigenvalue weighted by atomic mass is 9.62. The lowest BCUT2D eigenvalue weighted by Crippen LogP contribution is -2.47. The van der Waals surface area contributed by atoms with Gasteiger partial charge in [0.2, 0.25) is 5.91 Å². The quantitative estimate of drug-likeness (QED) is 0.631. The molecule has 3 aliphatic rings. The van der Waals surface area contributed by atoms with Crippen molar-refractivity contribution in [2.45, 2.75) is 26.7 Å². The van der Waals surface area contributed by atoms with Crippen molar-refractivity contribution >= 4 is 34.1 Å². The Morgan fingerprint density at radius 1 is 1.03 bits per heavy atom. The van der Waals surface area contributed by atoms with Gasteiger partial charge in [0.05, 0.1) is 17.4 Å². The smallest absolute Gasteiger partial charge is 0.307 e. The second-order valence-corrected chi connectivity index (χ2v) is 9.36. The number of aliphatic carboxylic acids is 1. The maximum atomic E-state index is 13.2. The summed E-state index contributed by atoms with van der Waals surface area (Å²) in [6.45, 7) is 3.86. The maximum absolute atomic E-state index is 13.2. The van der Waals surface area contributed by atoms with E-state index in [4.69, 9.17) is 5.73 Å². The number of nitrogens with two attached hydrogens (primary N) is 1. The van der Waals surface area contributed by atoms with E-state index in [0.717, 1.165) is 28.8 Å². The van der Waals surface area contributed by atoms with Crippen molar-refractivity contribution in [1.29, 1.82) is 0 Å². The van der Waals surface area contributed by atoms with Crippen LogP contribution in [0.25, 0.3) is 11.1 Å². The Balaban J connectivity index is 1.70. The number of rotatable bonds is 5. The normalized spacial score (nSPS) is 24.6. The monoisotopic (exact) mass is 424 g/mol. The molecule has 1 aromatic carbocycles. The molecule has 7 heteroatoms. The van der Waals surface area contributed by atoms with Gasteiger partial charge in [-0.1, -0.05) is 42.0 Å². The Hall–Kier alpha value is -2.93. The number of carboxylic acids is 1. The van der Waals surface area contributed by atoms with Gasteiger partial charge in [-0.05, 0) is 44.1 Å². The summed E-state index contributed by atoms with van der Waals surface area (Å²) in [5.41, 5.74) is 8.64. The highest BCUT2D eigenvalue weighted by atomic mass is 32.1. The topological polar surface area (TPSA) is 109 Å². The highest BCUT2D eigenvalue weighted by Crippen LogP contribution is 2.46. The van der Waals surface area contributed by atoms with Gasteiger partial charge in [0.25, 0.3) is 5.91 Å². The summed E-state index contributed by atoms with van der Waals surface area (Å²) in [5.74, 6) is -3.57. The Labute approximate surface area is 178 Å². The van der Waals surface area contributed by atoms with E-state index < -0.39 is 23.7 Å². The van der Waals surface area contributed by atoms with E-state index in [2.05, 4.69) is 5.32 Å². The molecule has 4 atom stereocenters. The first-order chi connectivity index (χ1) is 14.3. The van der Waals surface area contributed by atoms with Crippen molar-refractivity contribution in [3.05, 3.63) is 52.4 Å². The third kappa shape index (κ3) is 3.43. The van der Waals surface area contributed by atoms with Crippen molar-refractivity contribution in [3.8, 4) is 11.1 Å². The predicted molar refractivity (Wildman–Crippen MR) is 116 cm³/mol. The second kappa shape index (κ2) is 7.72. The van der Waals surface area contributed by atoms with E-state index in [-0.39, 0.29) is 23.3 Å². The summed E-state index contributed by atoms with van der Waals surface area (Å²) in [5, 5.41) is 13.0. The molecule has 0 radical (unpaired) electrons. The summed E-state index contributed by atoms with van der Waals surface area (Å²) in [6, 6.07) is 7.76. The number of carbonyl (C=O) groups is 3. The van der Waals surface area contributed by atoms with E-state index in [1.807, 2.05) is 50.3 Å². The zero-order valence-electron chi connectivity index (χ0n) is 16.8. The van der Waals surface area contributed by atoms with Crippen molar-refractivity contribution in [2.24, 2.45) is 29.4 Å². The van der Waals surface area contributed by atoms with E-state index in [9.17, 15) is 19.5 Å². The molecule has 0 saturated heterocycles. The number of hydrogen-bond donors (Lipinski definition) is 3. The number of aryl methyl sites for hydroxylation is 2. The van der Waals surface area contributed by atoms with Crippen LogP contribution >= 0.6 is 11.3 Å². The number of hydrogen-bond acceptors (Lipinski definition) is 4. The van der Waals surface area contributed by atoms with Gasteiger partial charge < -0.3 is 16.2 Å². The van der Waals surface area contributed by atoms with Crippen LogP contribution in [0.1, 0.15) is 33.6 Å². The van der Waals surface area contributed by atoms with Crippen LogP contribution in [0.3, 0.4) is 0 Å². The fourth-order valence-corrected chi connectivity index (χ4v) is 5.90. The number of amides is 2. The molecule has 0 aliphatic heterocycles. The van der Waals surface area contributed by atoms with Crippen LogP contribution in [-0.2, 0) is 9.59 Å². The van der Waals surface area contributed by atoms with E-state index in [1.54, 1.807) is 0 Å². The van der Waals surface area contributed by atoms with Crippen LogP contribution in [0.4, 0.5) is 5.00 Å². The van der Waals surface area contributed by atoms with E-state index >= 15 is 0 Å². The average molecular weight is 425 g/mol. The zero-order valence-corrected chi connectivity index (χ0v) is 17.7. The Bertz CT molecular complexity index is 1050. The van der Waals surface area contributed by atoms with Gasteiger partial charge in [0.15, 0.2) is 0 Å². The van der Waals surface area contributed by atoms with Gasteiger partial charge in [-0.15, -0.1) is 11.3 Å². The summed E-state index contributed by atoms with van der Waals surface area (Å²) in [7, 11) is 0. The Morgan fingerprint density at radius 3 is 2.17 bits per heavy atom. The molecule has 2 aromatic rings. The number of benzene rings is 1. The number of anilines is 1. The fraction of sp³-hybridized carbons (Fsp3) is 0.348. The Kier molecular flexibility index (Phi) is 5.24. The number of allylic oxidation sites excluding steroid dienone is 2. The molecule has 6 nitrogen and oxygen atoms in total. The molecule has 0 unspecified atom stereocenters. The minimum atomic E-state index is -0.952. The third-order valence-electron chi connectivity index (χ3n) is 6.24. The molecule has 2 bridgehead atoms. The van der Waals surface area contributed by atoms with Crippen LogP contribution in [0.2, 0.25) is 0 Å². The minimum absolute atomic E-state index is 0.106. The van der Waals surface area contributed by atoms with Crippen molar-refractivity contribution in [3.63, 3.8) is 0 Å². The van der Waals surface area contributed by atoms with Gasteiger partial charge in [-0.3, -0.25) is 14.4 Å². The number of thiophene rings is 1. The van der Waals surface area contributed by atoms with Gasteiger partial charge in [-0.2, -0.15) is 0 Å². The highest BCUT2D eigenvalue weighted by Gasteiger charge is 2.48. The third-order valence-corrected chi connectivity index (χ3v) is 7.26. The average Bonchev–Trinajstić information content (AvgIpc) is 3.04. The molecule has 3 aliphatic carbocycles. The molecule has 1 fully saturated rings. The minimum Gasteiger partial charge on any atom is -0.481 e. The van der Waals surface area contributed by atoms with Gasteiger partial charge in [0.1, 0.15) is 5.00 Å². The molecule has 30 heavy (non-hydrogen) atoms. The van der Waals surface area contributed by atoms with Gasteiger partial charge >= 0.3 is 5.97 Å². The lowest BCUT2D eigenvalue weighted by Gasteiger charge is -2.41. The molecular weight excluding hydrogens is 400 g/mol. The largest absolute Gasteiger partial charge is 0.481 e. The van der Waals surface area contributed by atoms with Gasteiger partial charge in [0, 0.05) is 10.4 Å².